The van der Waals surface area contributed by atoms with Gasteiger partial charge in [0.15, 0.2) is 0 Å². The van der Waals surface area contributed by atoms with Gasteiger partial charge in [-0.05, 0) is 32.0 Å². The average molecular weight is 232 g/mol. The van der Waals surface area contributed by atoms with E-state index in [0.717, 1.165) is 4.90 Å². The summed E-state index contributed by atoms with van der Waals surface area (Å²) in [6.45, 7) is 3.54. The van der Waals surface area contributed by atoms with Crippen LogP contribution in [0.3, 0.4) is 0 Å². The minimum atomic E-state index is -0.685. The normalized spacial score (nSPS) is 11.7. The van der Waals surface area contributed by atoms with Gasteiger partial charge in [-0.3, -0.25) is 0 Å². The molecule has 1 aromatic carbocycles. The molecule has 0 unspecified atom stereocenters. The molecule has 3 N–H and O–H groups in total. The lowest BCUT2D eigenvalue weighted by atomic mass is 10.2. The van der Waals surface area contributed by atoms with E-state index < -0.39 is 5.60 Å². The highest BCUT2D eigenvalue weighted by Crippen LogP contribution is 2.30. The van der Waals surface area contributed by atoms with Gasteiger partial charge >= 0.3 is 0 Å². The van der Waals surface area contributed by atoms with Gasteiger partial charge in [0.1, 0.15) is 0 Å². The van der Waals surface area contributed by atoms with E-state index in [1.165, 1.54) is 11.8 Å². The van der Waals surface area contributed by atoms with Crippen molar-refractivity contribution in [2.24, 2.45) is 0 Å². The van der Waals surface area contributed by atoms with Crippen molar-refractivity contribution < 1.29 is 5.11 Å². The van der Waals surface area contributed by atoms with Crippen LogP contribution < -0.4 is 5.73 Å². The molecule has 0 spiro atoms. The molecular formula is C10H14ClNOS. The first-order chi connectivity index (χ1) is 6.38. The molecule has 1 rings (SSSR count). The predicted molar refractivity (Wildman–Crippen MR) is 62.9 cm³/mol. The summed E-state index contributed by atoms with van der Waals surface area (Å²) >= 11 is 7.50. The zero-order chi connectivity index (χ0) is 10.8. The van der Waals surface area contributed by atoms with Crippen LogP contribution >= 0.6 is 23.4 Å². The molecule has 0 amide bonds. The second-order valence-electron chi connectivity index (χ2n) is 3.79. The topological polar surface area (TPSA) is 46.2 Å². The van der Waals surface area contributed by atoms with E-state index in [1.54, 1.807) is 26.0 Å². The van der Waals surface area contributed by atoms with Crippen molar-refractivity contribution >= 4 is 29.1 Å². The van der Waals surface area contributed by atoms with Crippen molar-refractivity contribution in [3.05, 3.63) is 23.2 Å². The first kappa shape index (κ1) is 11.7. The molecule has 0 bridgehead atoms. The number of aliphatic hydroxyl groups is 1. The molecule has 2 nitrogen and oxygen atoms in total. The summed E-state index contributed by atoms with van der Waals surface area (Å²) in [5.41, 5.74) is 5.54. The molecule has 1 aromatic rings. The Hall–Kier alpha value is -0.380. The summed E-state index contributed by atoms with van der Waals surface area (Å²) < 4.78 is 0. The zero-order valence-corrected chi connectivity index (χ0v) is 9.82. The first-order valence-corrected chi connectivity index (χ1v) is 5.65. The Morgan fingerprint density at radius 1 is 1.50 bits per heavy atom. The third kappa shape index (κ3) is 3.78. The smallest absolute Gasteiger partial charge is 0.0685 e. The number of nitrogens with two attached hydrogens (primary N) is 1. The number of rotatable bonds is 3. The molecule has 4 heteroatoms. The average Bonchev–Trinajstić information content (AvgIpc) is 2.00. The van der Waals surface area contributed by atoms with Crippen molar-refractivity contribution in [2.45, 2.75) is 24.3 Å². The molecule has 0 saturated heterocycles. The van der Waals surface area contributed by atoms with Gasteiger partial charge in [-0.2, -0.15) is 0 Å². The number of hydrogen-bond donors (Lipinski definition) is 2. The maximum atomic E-state index is 9.54. The molecule has 0 atom stereocenters. The van der Waals surface area contributed by atoms with Crippen LogP contribution in [0.1, 0.15) is 13.8 Å². The molecule has 0 aliphatic carbocycles. The van der Waals surface area contributed by atoms with Gasteiger partial charge < -0.3 is 10.8 Å². The Balaban J connectivity index is 2.68. The van der Waals surface area contributed by atoms with E-state index in [4.69, 9.17) is 17.3 Å². The molecule has 0 aliphatic heterocycles. The van der Waals surface area contributed by atoms with Crippen molar-refractivity contribution in [3.8, 4) is 0 Å². The summed E-state index contributed by atoms with van der Waals surface area (Å²) in [6.07, 6.45) is 0. The fraction of sp³-hybridized carbons (Fsp3) is 0.400. The minimum Gasteiger partial charge on any atom is -0.399 e. The summed E-state index contributed by atoms with van der Waals surface area (Å²) in [5, 5.41) is 10.2. The van der Waals surface area contributed by atoms with E-state index in [0.29, 0.717) is 16.5 Å². The van der Waals surface area contributed by atoms with Gasteiger partial charge in [0.2, 0.25) is 0 Å². The van der Waals surface area contributed by atoms with E-state index in [1.807, 2.05) is 6.07 Å². The molecule has 0 radical (unpaired) electrons. The Morgan fingerprint density at radius 2 is 2.14 bits per heavy atom. The van der Waals surface area contributed by atoms with Gasteiger partial charge in [-0.25, -0.2) is 0 Å². The molecule has 0 saturated carbocycles. The van der Waals surface area contributed by atoms with Gasteiger partial charge in [-0.15, -0.1) is 11.8 Å². The maximum absolute atomic E-state index is 9.54. The second kappa shape index (κ2) is 4.43. The quantitative estimate of drug-likeness (QED) is 0.621. The number of nitrogen functional groups attached to an aromatic ring is 1. The summed E-state index contributed by atoms with van der Waals surface area (Å²) in [7, 11) is 0. The van der Waals surface area contributed by atoms with Crippen LogP contribution in [0.15, 0.2) is 23.1 Å². The van der Waals surface area contributed by atoms with Gasteiger partial charge in [-0.1, -0.05) is 11.6 Å². The molecule has 0 heterocycles. The third-order valence-corrected chi connectivity index (χ3v) is 3.48. The van der Waals surface area contributed by atoms with E-state index in [9.17, 15) is 5.11 Å². The Morgan fingerprint density at radius 3 is 2.64 bits per heavy atom. The Kier molecular flexibility index (Phi) is 3.70. The standard InChI is InChI=1S/C10H14ClNOS/c1-10(2,13)6-14-9-4-3-7(12)5-8(9)11/h3-5,13H,6,12H2,1-2H3. The van der Waals surface area contributed by atoms with E-state index in [-0.39, 0.29) is 0 Å². The molecule has 78 valence electrons. The molecule has 0 aliphatic rings. The van der Waals surface area contributed by atoms with Crippen molar-refractivity contribution in [1.82, 2.24) is 0 Å². The summed E-state index contributed by atoms with van der Waals surface area (Å²) in [6, 6.07) is 5.39. The predicted octanol–water partition coefficient (Wildman–Crippen LogP) is 2.79. The summed E-state index contributed by atoms with van der Waals surface area (Å²) in [5.74, 6) is 0.608. The van der Waals surface area contributed by atoms with Crippen LogP contribution in [0, 0.1) is 0 Å². The lowest BCUT2D eigenvalue weighted by Gasteiger charge is -2.16. The Labute approximate surface area is 93.5 Å². The number of anilines is 1. The minimum absolute atomic E-state index is 0.608. The summed E-state index contributed by atoms with van der Waals surface area (Å²) in [4.78, 5) is 0.947. The largest absolute Gasteiger partial charge is 0.399 e. The highest BCUT2D eigenvalue weighted by atomic mass is 35.5. The highest BCUT2D eigenvalue weighted by Gasteiger charge is 2.13. The first-order valence-electron chi connectivity index (χ1n) is 4.29. The number of benzene rings is 1. The van der Waals surface area contributed by atoms with Crippen LogP contribution in [0.4, 0.5) is 5.69 Å². The van der Waals surface area contributed by atoms with Gasteiger partial charge in [0.05, 0.1) is 10.6 Å². The van der Waals surface area contributed by atoms with Crippen LogP contribution in [0.2, 0.25) is 5.02 Å². The fourth-order valence-corrected chi connectivity index (χ4v) is 2.11. The van der Waals surface area contributed by atoms with Crippen LogP contribution in [0.25, 0.3) is 0 Å². The molecular weight excluding hydrogens is 218 g/mol. The SMILES string of the molecule is CC(C)(O)CSc1ccc(N)cc1Cl. The van der Waals surface area contributed by atoms with Crippen LogP contribution in [0.5, 0.6) is 0 Å². The molecule has 0 aromatic heterocycles. The van der Waals surface area contributed by atoms with E-state index >= 15 is 0 Å². The fourth-order valence-electron chi connectivity index (χ4n) is 0.889. The number of halogens is 1. The van der Waals surface area contributed by atoms with Crippen LogP contribution in [-0.4, -0.2) is 16.5 Å². The number of thioether (sulfide) groups is 1. The van der Waals surface area contributed by atoms with Crippen molar-refractivity contribution in [1.29, 1.82) is 0 Å². The van der Waals surface area contributed by atoms with Gasteiger partial charge in [0.25, 0.3) is 0 Å². The highest BCUT2D eigenvalue weighted by molar-refractivity contribution is 7.99. The van der Waals surface area contributed by atoms with E-state index in [2.05, 4.69) is 0 Å². The second-order valence-corrected chi connectivity index (χ2v) is 5.22. The maximum Gasteiger partial charge on any atom is 0.0685 e. The molecule has 14 heavy (non-hydrogen) atoms. The van der Waals surface area contributed by atoms with Crippen molar-refractivity contribution in [3.63, 3.8) is 0 Å². The number of hydrogen-bond acceptors (Lipinski definition) is 3. The lowest BCUT2D eigenvalue weighted by Crippen LogP contribution is -2.21. The zero-order valence-electron chi connectivity index (χ0n) is 8.25. The van der Waals surface area contributed by atoms with Crippen LogP contribution in [-0.2, 0) is 0 Å². The van der Waals surface area contributed by atoms with Gasteiger partial charge in [0, 0.05) is 16.3 Å². The monoisotopic (exact) mass is 231 g/mol. The molecule has 0 fully saturated rings. The third-order valence-electron chi connectivity index (χ3n) is 1.54. The Bertz CT molecular complexity index is 322. The van der Waals surface area contributed by atoms with Crippen molar-refractivity contribution in [2.75, 3.05) is 11.5 Å². The lowest BCUT2D eigenvalue weighted by molar-refractivity contribution is 0.107.